The quantitative estimate of drug-likeness (QED) is 0.707. The fourth-order valence-electron chi connectivity index (χ4n) is 2.34. The number of allylic oxidation sites excluding steroid dienone is 2. The zero-order chi connectivity index (χ0) is 14.5. The maximum absolute atomic E-state index is 11.0. The van der Waals surface area contributed by atoms with Crippen LogP contribution in [0.15, 0.2) is 42.0 Å². The van der Waals surface area contributed by atoms with Crippen molar-refractivity contribution >= 4 is 11.6 Å². The first-order valence-corrected chi connectivity index (χ1v) is 6.56. The molecular formula is C17H22O2. The summed E-state index contributed by atoms with van der Waals surface area (Å²) in [4.78, 5) is 21.7. The van der Waals surface area contributed by atoms with Gasteiger partial charge in [-0.3, -0.25) is 9.59 Å². The molecule has 0 saturated carbocycles. The molecule has 1 aromatic rings. The molecule has 0 radical (unpaired) electrons. The molecule has 19 heavy (non-hydrogen) atoms. The van der Waals surface area contributed by atoms with E-state index in [4.69, 9.17) is 0 Å². The molecule has 0 fully saturated rings. The van der Waals surface area contributed by atoms with Gasteiger partial charge in [-0.2, -0.15) is 0 Å². The minimum absolute atomic E-state index is 0.121. The van der Waals surface area contributed by atoms with Crippen molar-refractivity contribution in [3.05, 3.63) is 47.5 Å². The predicted octanol–water partition coefficient (Wildman–Crippen LogP) is 4.21. The first kappa shape index (κ1) is 15.4. The van der Waals surface area contributed by atoms with Crippen molar-refractivity contribution in [3.63, 3.8) is 0 Å². The number of rotatable bonds is 1. The van der Waals surface area contributed by atoms with E-state index in [1.165, 1.54) is 5.57 Å². The third-order valence-corrected chi connectivity index (χ3v) is 3.00. The lowest BCUT2D eigenvalue weighted by atomic mass is 9.77. The summed E-state index contributed by atoms with van der Waals surface area (Å²) >= 11 is 0. The van der Waals surface area contributed by atoms with E-state index < -0.39 is 0 Å². The summed E-state index contributed by atoms with van der Waals surface area (Å²) in [5.74, 6) is 0.407. The van der Waals surface area contributed by atoms with Crippen LogP contribution in [0.1, 0.15) is 50.9 Å². The van der Waals surface area contributed by atoms with Crippen LogP contribution in [0.5, 0.6) is 0 Å². The summed E-state index contributed by atoms with van der Waals surface area (Å²) in [6.45, 7) is 7.87. The Morgan fingerprint density at radius 3 is 2.05 bits per heavy atom. The SMILES string of the molecule is CC(=O)c1ccccc1.CC1=CC(=O)CC(C)(C)C1. The van der Waals surface area contributed by atoms with Crippen LogP contribution in [-0.2, 0) is 4.79 Å². The normalized spacial score (nSPS) is 17.1. The van der Waals surface area contributed by atoms with Gasteiger partial charge in [0.2, 0.25) is 0 Å². The highest BCUT2D eigenvalue weighted by Gasteiger charge is 2.25. The molecule has 0 aliphatic heterocycles. The molecule has 1 aliphatic rings. The molecule has 0 spiro atoms. The fourth-order valence-corrected chi connectivity index (χ4v) is 2.34. The van der Waals surface area contributed by atoms with Crippen molar-refractivity contribution in [1.82, 2.24) is 0 Å². The van der Waals surface area contributed by atoms with E-state index in [1.807, 2.05) is 37.3 Å². The number of ketones is 2. The molecule has 0 heterocycles. The zero-order valence-corrected chi connectivity index (χ0v) is 12.2. The molecule has 1 aromatic carbocycles. The van der Waals surface area contributed by atoms with E-state index >= 15 is 0 Å². The molecule has 0 bridgehead atoms. The van der Waals surface area contributed by atoms with Crippen LogP contribution < -0.4 is 0 Å². The summed E-state index contributed by atoms with van der Waals surface area (Å²) in [6.07, 6.45) is 3.55. The van der Waals surface area contributed by atoms with E-state index in [1.54, 1.807) is 13.0 Å². The lowest BCUT2D eigenvalue weighted by molar-refractivity contribution is -0.117. The molecule has 0 saturated heterocycles. The third kappa shape index (κ3) is 5.64. The number of hydrogen-bond acceptors (Lipinski definition) is 2. The highest BCUT2D eigenvalue weighted by Crippen LogP contribution is 2.32. The maximum atomic E-state index is 11.0. The van der Waals surface area contributed by atoms with E-state index in [2.05, 4.69) is 13.8 Å². The minimum atomic E-state index is 0.121. The Labute approximate surface area is 115 Å². The van der Waals surface area contributed by atoms with Crippen LogP contribution in [0.25, 0.3) is 0 Å². The molecule has 0 aromatic heterocycles. The summed E-state index contributed by atoms with van der Waals surface area (Å²) in [5.41, 5.74) is 2.20. The number of hydrogen-bond donors (Lipinski definition) is 0. The van der Waals surface area contributed by atoms with Gasteiger partial charge in [0, 0.05) is 12.0 Å². The molecule has 0 N–H and O–H groups in total. The average Bonchev–Trinajstić information content (AvgIpc) is 2.27. The standard InChI is InChI=1S/C9H14O.C8H8O/c1-7-4-8(10)6-9(2,3)5-7;1-7(9)8-5-3-2-4-6-8/h4H,5-6H2,1-3H3;2-6H,1H3. The molecule has 102 valence electrons. The van der Waals surface area contributed by atoms with Crippen LogP contribution in [0, 0.1) is 5.41 Å². The second kappa shape index (κ2) is 6.46. The van der Waals surface area contributed by atoms with Gasteiger partial charge < -0.3 is 0 Å². The second-order valence-corrected chi connectivity index (χ2v) is 5.90. The first-order valence-electron chi connectivity index (χ1n) is 6.56. The minimum Gasteiger partial charge on any atom is -0.295 e. The van der Waals surface area contributed by atoms with Gasteiger partial charge in [0.1, 0.15) is 0 Å². The highest BCUT2D eigenvalue weighted by molar-refractivity contribution is 5.93. The number of carbonyl (C=O) groups is 2. The lowest BCUT2D eigenvalue weighted by Gasteiger charge is -2.27. The molecule has 0 amide bonds. The van der Waals surface area contributed by atoms with Gasteiger partial charge in [-0.1, -0.05) is 49.8 Å². The predicted molar refractivity (Wildman–Crippen MR) is 78.2 cm³/mol. The van der Waals surface area contributed by atoms with Crippen LogP contribution in [0.3, 0.4) is 0 Å². The molecule has 0 unspecified atom stereocenters. The van der Waals surface area contributed by atoms with Crippen molar-refractivity contribution in [2.45, 2.75) is 40.5 Å². The van der Waals surface area contributed by atoms with E-state index in [9.17, 15) is 9.59 Å². The van der Waals surface area contributed by atoms with Crippen LogP contribution >= 0.6 is 0 Å². The Kier molecular flexibility index (Phi) is 5.22. The molecule has 2 rings (SSSR count). The fraction of sp³-hybridized carbons (Fsp3) is 0.412. The van der Waals surface area contributed by atoms with Gasteiger partial charge in [0.25, 0.3) is 0 Å². The van der Waals surface area contributed by atoms with Gasteiger partial charge in [-0.15, -0.1) is 0 Å². The van der Waals surface area contributed by atoms with Crippen molar-refractivity contribution < 1.29 is 9.59 Å². The van der Waals surface area contributed by atoms with Crippen molar-refractivity contribution in [2.75, 3.05) is 0 Å². The monoisotopic (exact) mass is 258 g/mol. The van der Waals surface area contributed by atoms with Crippen molar-refractivity contribution in [3.8, 4) is 0 Å². The summed E-state index contributed by atoms with van der Waals surface area (Å²) in [7, 11) is 0. The van der Waals surface area contributed by atoms with Gasteiger partial charge >= 0.3 is 0 Å². The van der Waals surface area contributed by atoms with Crippen LogP contribution in [-0.4, -0.2) is 11.6 Å². The molecule has 1 aliphatic carbocycles. The lowest BCUT2D eigenvalue weighted by Crippen LogP contribution is -2.20. The number of Topliss-reactive ketones (excluding diaryl/α,β-unsaturated/α-hetero) is 1. The number of carbonyl (C=O) groups excluding carboxylic acids is 2. The van der Waals surface area contributed by atoms with Crippen LogP contribution in [0.2, 0.25) is 0 Å². The first-order chi connectivity index (χ1) is 8.80. The number of benzene rings is 1. The van der Waals surface area contributed by atoms with Crippen molar-refractivity contribution in [1.29, 1.82) is 0 Å². The van der Waals surface area contributed by atoms with Gasteiger partial charge in [0.15, 0.2) is 11.6 Å². The topological polar surface area (TPSA) is 34.1 Å². The average molecular weight is 258 g/mol. The van der Waals surface area contributed by atoms with E-state index in [0.29, 0.717) is 6.42 Å². The molecule has 2 nitrogen and oxygen atoms in total. The summed E-state index contributed by atoms with van der Waals surface area (Å²) in [5, 5.41) is 0. The Bertz CT molecular complexity index is 481. The second-order valence-electron chi connectivity index (χ2n) is 5.90. The molecule has 0 atom stereocenters. The maximum Gasteiger partial charge on any atom is 0.159 e. The van der Waals surface area contributed by atoms with Gasteiger partial charge in [-0.25, -0.2) is 0 Å². The Morgan fingerprint density at radius 1 is 1.11 bits per heavy atom. The third-order valence-electron chi connectivity index (χ3n) is 3.00. The summed E-state index contributed by atoms with van der Waals surface area (Å²) < 4.78 is 0. The Balaban J connectivity index is 0.000000191. The van der Waals surface area contributed by atoms with E-state index in [-0.39, 0.29) is 17.0 Å². The summed E-state index contributed by atoms with van der Waals surface area (Å²) in [6, 6.07) is 9.23. The molecular weight excluding hydrogens is 236 g/mol. The molecule has 2 heteroatoms. The van der Waals surface area contributed by atoms with Gasteiger partial charge in [-0.05, 0) is 31.8 Å². The van der Waals surface area contributed by atoms with Crippen LogP contribution in [0.4, 0.5) is 0 Å². The van der Waals surface area contributed by atoms with Crippen molar-refractivity contribution in [2.24, 2.45) is 5.41 Å². The zero-order valence-electron chi connectivity index (χ0n) is 12.2. The van der Waals surface area contributed by atoms with Gasteiger partial charge in [0.05, 0.1) is 0 Å². The van der Waals surface area contributed by atoms with E-state index in [0.717, 1.165) is 12.0 Å². The Morgan fingerprint density at radius 2 is 1.68 bits per heavy atom. The highest BCUT2D eigenvalue weighted by atomic mass is 16.1. The Hall–Kier alpha value is -1.70. The largest absolute Gasteiger partial charge is 0.295 e. The smallest absolute Gasteiger partial charge is 0.159 e.